The molecule has 2 N–H and O–H groups in total. The number of hydrogen-bond acceptors (Lipinski definition) is 6. The number of nitrogens with one attached hydrogen (secondary N) is 1. The second kappa shape index (κ2) is 6.19. The van der Waals surface area contributed by atoms with E-state index in [1.165, 1.54) is 18.4 Å². The summed E-state index contributed by atoms with van der Waals surface area (Å²) in [4.78, 5) is 25.7. The number of hydrogen-bond donors (Lipinski definition) is 2. The first kappa shape index (κ1) is 13.4. The smallest absolute Gasteiger partial charge is 0.328 e. The van der Waals surface area contributed by atoms with Crippen molar-refractivity contribution in [3.05, 3.63) is 11.1 Å². The molecule has 0 spiro atoms. The van der Waals surface area contributed by atoms with Gasteiger partial charge in [0.2, 0.25) is 0 Å². The number of methoxy groups -OCH3 is 1. The number of anilines is 1. The van der Waals surface area contributed by atoms with Crippen LogP contribution in [-0.2, 0) is 20.7 Å². The molecule has 1 atom stereocenters. The van der Waals surface area contributed by atoms with Crippen LogP contribution < -0.4 is 5.32 Å². The molecule has 0 aliphatic heterocycles. The fraction of sp³-hybridized carbons (Fsp3) is 0.500. The Hall–Kier alpha value is -1.63. The largest absolute Gasteiger partial charge is 0.481 e. The first-order chi connectivity index (χ1) is 8.02. The normalized spacial score (nSPS) is 11.9. The Bertz CT molecular complexity index is 405. The molecule has 1 aromatic heterocycles. The molecule has 1 rings (SSSR count). The van der Waals surface area contributed by atoms with Crippen molar-refractivity contribution in [2.24, 2.45) is 0 Å². The number of nitrogens with zero attached hydrogens (tertiary/aromatic N) is 1. The van der Waals surface area contributed by atoms with E-state index >= 15 is 0 Å². The lowest BCUT2D eigenvalue weighted by Crippen LogP contribution is -2.27. The monoisotopic (exact) mass is 258 g/mol. The maximum absolute atomic E-state index is 11.2. The zero-order valence-corrected chi connectivity index (χ0v) is 10.4. The zero-order valence-electron chi connectivity index (χ0n) is 9.60. The lowest BCUT2D eigenvalue weighted by atomic mass is 10.2. The van der Waals surface area contributed by atoms with E-state index in [1.807, 2.05) is 0 Å². The Labute approximate surface area is 103 Å². The van der Waals surface area contributed by atoms with Gasteiger partial charge in [0.1, 0.15) is 6.04 Å². The first-order valence-corrected chi connectivity index (χ1v) is 5.91. The van der Waals surface area contributed by atoms with Crippen LogP contribution in [0.1, 0.15) is 19.0 Å². The molecule has 0 aliphatic rings. The SMILES string of the molecule is COC(=O)C(C)Nc1nc(CCC(=O)O)cs1. The van der Waals surface area contributed by atoms with E-state index in [1.54, 1.807) is 12.3 Å². The molecule has 0 aliphatic carbocycles. The van der Waals surface area contributed by atoms with E-state index in [2.05, 4.69) is 15.0 Å². The molecule has 17 heavy (non-hydrogen) atoms. The summed E-state index contributed by atoms with van der Waals surface area (Å²) in [7, 11) is 1.32. The highest BCUT2D eigenvalue weighted by molar-refractivity contribution is 7.13. The van der Waals surface area contributed by atoms with E-state index in [0.29, 0.717) is 17.2 Å². The zero-order chi connectivity index (χ0) is 12.8. The Morgan fingerprint density at radius 1 is 1.65 bits per heavy atom. The minimum atomic E-state index is -0.851. The van der Waals surface area contributed by atoms with Gasteiger partial charge in [-0.05, 0) is 6.92 Å². The summed E-state index contributed by atoms with van der Waals surface area (Å²) in [5.74, 6) is -1.22. The Morgan fingerprint density at radius 2 is 2.35 bits per heavy atom. The van der Waals surface area contributed by atoms with Crippen LogP contribution >= 0.6 is 11.3 Å². The fourth-order valence-corrected chi connectivity index (χ4v) is 1.98. The topological polar surface area (TPSA) is 88.5 Å². The van der Waals surface area contributed by atoms with E-state index in [9.17, 15) is 9.59 Å². The molecular weight excluding hydrogens is 244 g/mol. The summed E-state index contributed by atoms with van der Waals surface area (Å²) in [5.41, 5.74) is 0.706. The van der Waals surface area contributed by atoms with Gasteiger partial charge in [-0.15, -0.1) is 11.3 Å². The number of rotatable bonds is 6. The van der Waals surface area contributed by atoms with E-state index < -0.39 is 12.0 Å². The van der Waals surface area contributed by atoms with Crippen molar-refractivity contribution in [3.63, 3.8) is 0 Å². The third kappa shape index (κ3) is 4.39. The quantitative estimate of drug-likeness (QED) is 0.744. The van der Waals surface area contributed by atoms with E-state index in [0.717, 1.165) is 0 Å². The standard InChI is InChI=1S/C10H14N2O4S/c1-6(9(15)16-2)11-10-12-7(5-17-10)3-4-8(13)14/h5-6H,3-4H2,1-2H3,(H,11,12)(H,13,14). The number of aryl methyl sites for hydroxylation is 1. The fourth-order valence-electron chi connectivity index (χ4n) is 1.14. The van der Waals surface area contributed by atoms with Gasteiger partial charge in [0.15, 0.2) is 5.13 Å². The van der Waals surface area contributed by atoms with Gasteiger partial charge in [0, 0.05) is 11.8 Å². The lowest BCUT2D eigenvalue weighted by molar-refractivity contribution is -0.141. The minimum Gasteiger partial charge on any atom is -0.481 e. The van der Waals surface area contributed by atoms with Crippen molar-refractivity contribution in [1.29, 1.82) is 0 Å². The van der Waals surface area contributed by atoms with Gasteiger partial charge in [-0.1, -0.05) is 0 Å². The van der Waals surface area contributed by atoms with Crippen molar-refractivity contribution in [2.75, 3.05) is 12.4 Å². The third-order valence-corrected chi connectivity index (χ3v) is 2.86. The van der Waals surface area contributed by atoms with Gasteiger partial charge >= 0.3 is 11.9 Å². The highest BCUT2D eigenvalue weighted by Crippen LogP contribution is 2.17. The summed E-state index contributed by atoms with van der Waals surface area (Å²) in [6.45, 7) is 1.67. The molecule has 1 aromatic rings. The van der Waals surface area contributed by atoms with Gasteiger partial charge in [-0.25, -0.2) is 9.78 Å². The van der Waals surface area contributed by atoms with Gasteiger partial charge in [-0.2, -0.15) is 0 Å². The van der Waals surface area contributed by atoms with Gasteiger partial charge in [-0.3, -0.25) is 4.79 Å². The van der Waals surface area contributed by atoms with Crippen LogP contribution in [0.2, 0.25) is 0 Å². The third-order valence-electron chi connectivity index (χ3n) is 2.04. The summed E-state index contributed by atoms with van der Waals surface area (Å²) >= 11 is 1.33. The van der Waals surface area contributed by atoms with E-state index in [4.69, 9.17) is 5.11 Å². The van der Waals surface area contributed by atoms with Gasteiger partial charge in [0.05, 0.1) is 19.2 Å². The molecule has 1 heterocycles. The van der Waals surface area contributed by atoms with Crippen LogP contribution in [0, 0.1) is 0 Å². The molecule has 0 radical (unpaired) electrons. The molecule has 0 amide bonds. The molecule has 94 valence electrons. The average molecular weight is 258 g/mol. The molecule has 0 fully saturated rings. The molecule has 1 unspecified atom stereocenters. The predicted molar refractivity (Wildman–Crippen MR) is 63.2 cm³/mol. The number of carboxylic acids is 1. The predicted octanol–water partition coefficient (Wildman–Crippen LogP) is 1.13. The summed E-state index contributed by atoms with van der Waals surface area (Å²) in [6, 6.07) is -0.474. The van der Waals surface area contributed by atoms with Gasteiger partial charge in [0.25, 0.3) is 0 Å². The number of carbonyl (C=O) groups is 2. The van der Waals surface area contributed by atoms with Crippen LogP contribution in [-0.4, -0.2) is 35.2 Å². The maximum Gasteiger partial charge on any atom is 0.328 e. The molecule has 0 bridgehead atoms. The number of carbonyl (C=O) groups excluding carboxylic acids is 1. The van der Waals surface area contributed by atoms with E-state index in [-0.39, 0.29) is 12.4 Å². The van der Waals surface area contributed by atoms with Crippen molar-refractivity contribution in [2.45, 2.75) is 25.8 Å². The molecule has 0 saturated heterocycles. The Balaban J connectivity index is 2.50. The average Bonchev–Trinajstić information content (AvgIpc) is 2.73. The number of aliphatic carboxylic acids is 1. The van der Waals surface area contributed by atoms with Crippen molar-refractivity contribution in [1.82, 2.24) is 4.98 Å². The Kier molecular flexibility index (Phi) is 4.89. The number of carboxylic acid groups (broad SMARTS) is 1. The summed E-state index contributed by atoms with van der Waals surface area (Å²) in [6.07, 6.45) is 0.440. The molecule has 0 saturated carbocycles. The van der Waals surface area contributed by atoms with Crippen LogP contribution in [0.3, 0.4) is 0 Å². The van der Waals surface area contributed by atoms with Crippen LogP contribution in [0.4, 0.5) is 5.13 Å². The number of esters is 1. The van der Waals surface area contributed by atoms with Crippen LogP contribution in [0.25, 0.3) is 0 Å². The minimum absolute atomic E-state index is 0.0513. The summed E-state index contributed by atoms with van der Waals surface area (Å²) < 4.78 is 4.57. The number of ether oxygens (including phenoxy) is 1. The molecular formula is C10H14N2O4S. The maximum atomic E-state index is 11.2. The Morgan fingerprint density at radius 3 is 2.94 bits per heavy atom. The highest BCUT2D eigenvalue weighted by Gasteiger charge is 2.14. The van der Waals surface area contributed by atoms with Crippen molar-refractivity contribution < 1.29 is 19.4 Å². The molecule has 0 aromatic carbocycles. The second-order valence-electron chi connectivity index (χ2n) is 3.43. The lowest BCUT2D eigenvalue weighted by Gasteiger charge is -2.09. The number of thiazole rings is 1. The van der Waals surface area contributed by atoms with Crippen LogP contribution in [0.5, 0.6) is 0 Å². The van der Waals surface area contributed by atoms with Gasteiger partial charge < -0.3 is 15.2 Å². The highest BCUT2D eigenvalue weighted by atomic mass is 32.1. The molecule has 6 nitrogen and oxygen atoms in total. The van der Waals surface area contributed by atoms with Crippen molar-refractivity contribution in [3.8, 4) is 0 Å². The first-order valence-electron chi connectivity index (χ1n) is 5.03. The summed E-state index contributed by atoms with van der Waals surface area (Å²) in [5, 5.41) is 13.8. The molecule has 7 heteroatoms. The number of aromatic nitrogens is 1. The van der Waals surface area contributed by atoms with Crippen molar-refractivity contribution >= 4 is 28.4 Å². The second-order valence-corrected chi connectivity index (χ2v) is 4.29. The van der Waals surface area contributed by atoms with Crippen LogP contribution in [0.15, 0.2) is 5.38 Å².